The van der Waals surface area contributed by atoms with Crippen LogP contribution in [0.2, 0.25) is 0 Å². The summed E-state index contributed by atoms with van der Waals surface area (Å²) in [5, 5.41) is 4.18. The van der Waals surface area contributed by atoms with Gasteiger partial charge in [0.25, 0.3) is 0 Å². The molecule has 0 aromatic carbocycles. The maximum atomic E-state index is 14.0. The number of methoxy groups -OCH3 is 2. The molecule has 48 heavy (non-hydrogen) atoms. The molecule has 0 fully saturated rings. The first kappa shape index (κ1) is 36.6. The van der Waals surface area contributed by atoms with Crippen LogP contribution in [-0.4, -0.2) is 55.6 Å². The van der Waals surface area contributed by atoms with E-state index < -0.39 is 35.5 Å². The number of ketones is 1. The maximum absolute atomic E-state index is 14.0. The molecule has 11 nitrogen and oxygen atoms in total. The van der Waals surface area contributed by atoms with E-state index in [-0.39, 0.29) is 39.6 Å². The predicted octanol–water partition coefficient (Wildman–Crippen LogP) is 5.33. The Morgan fingerprint density at radius 1 is 1.04 bits per heavy atom. The van der Waals surface area contributed by atoms with Gasteiger partial charge in [0.1, 0.15) is 11.6 Å². The summed E-state index contributed by atoms with van der Waals surface area (Å²) in [4.78, 5) is 78.0. The minimum Gasteiger partial charge on any atom is -0.657 e. The summed E-state index contributed by atoms with van der Waals surface area (Å²) in [5.74, 6) is -4.01. The van der Waals surface area contributed by atoms with Gasteiger partial charge in [-0.05, 0) is 50.3 Å². The molecule has 0 N–H and O–H groups in total. The number of Topliss-reactive ketones (excluding diaryl/α,β-unsaturated/α-hetero) is 1. The van der Waals surface area contributed by atoms with Crippen molar-refractivity contribution in [2.45, 2.75) is 53.9 Å². The number of aromatic nitrogens is 1. The summed E-state index contributed by atoms with van der Waals surface area (Å²) < 4.78 is 10.0. The number of hydrogen-bond donors (Lipinski definition) is 0. The van der Waals surface area contributed by atoms with Crippen molar-refractivity contribution in [2.75, 3.05) is 14.2 Å². The Morgan fingerprint density at radius 3 is 2.33 bits per heavy atom. The minimum atomic E-state index is -1.30. The number of esters is 2. The smallest absolute Gasteiger partial charge is 0.657 e. The van der Waals surface area contributed by atoms with Crippen LogP contribution in [0.4, 0.5) is 0 Å². The van der Waals surface area contributed by atoms with Gasteiger partial charge in [-0.3, -0.25) is 24.2 Å². The number of allylic oxidation sites excluding steroid dienone is 5. The summed E-state index contributed by atoms with van der Waals surface area (Å²) in [7, 11) is 2.53. The van der Waals surface area contributed by atoms with Crippen LogP contribution in [-0.2, 0) is 56.0 Å². The van der Waals surface area contributed by atoms with E-state index in [2.05, 4.69) is 16.9 Å². The number of aliphatic imine (C=N–C) groups is 2. The second-order valence-corrected chi connectivity index (χ2v) is 11.8. The van der Waals surface area contributed by atoms with E-state index >= 15 is 0 Å². The first-order valence-electron chi connectivity index (χ1n) is 15.4. The third-order valence-corrected chi connectivity index (χ3v) is 9.41. The van der Waals surface area contributed by atoms with E-state index in [4.69, 9.17) is 19.5 Å². The number of nitrogens with zero attached hydrogens (tertiary/aromatic N) is 4. The van der Waals surface area contributed by atoms with Gasteiger partial charge >= 0.3 is 39.2 Å². The molecular formula is C36H36CdN4O7. The zero-order valence-corrected chi connectivity index (χ0v) is 32.3. The molecule has 0 spiro atoms. The van der Waals surface area contributed by atoms with Crippen molar-refractivity contribution in [1.82, 2.24) is 4.98 Å². The Kier molecular flexibility index (Phi) is 11.0. The van der Waals surface area contributed by atoms with Crippen molar-refractivity contribution < 1.29 is 60.7 Å². The normalized spacial score (nSPS) is 24.9. The van der Waals surface area contributed by atoms with Gasteiger partial charge in [-0.2, -0.15) is 0 Å². The molecule has 5 rings (SSSR count). The summed E-state index contributed by atoms with van der Waals surface area (Å²) in [5.41, 5.74) is 7.13. The van der Waals surface area contributed by atoms with Gasteiger partial charge in [-0.1, -0.05) is 49.8 Å². The van der Waals surface area contributed by atoms with Crippen LogP contribution in [0.25, 0.3) is 17.0 Å². The SMILES string of the molecule is C=CC1=C(C)/C(=C/C2=NC(=C3\c4[n-]c(/C=C5\N=C(C=O)C(C)=C5CC)c(C)c4C(=O)[C@@H]3C(=O)OC)/[C@@H](CCC(=O)OC)[C@@H]2C)[N-]C1=O.[Cd+2]. The first-order chi connectivity index (χ1) is 22.4. The molecule has 3 atom stereocenters. The van der Waals surface area contributed by atoms with Crippen LogP contribution >= 0.6 is 0 Å². The predicted molar refractivity (Wildman–Crippen MR) is 176 cm³/mol. The van der Waals surface area contributed by atoms with Crippen LogP contribution in [0.1, 0.15) is 74.3 Å². The average Bonchev–Trinajstić information content (AvgIpc) is 3.79. The maximum Gasteiger partial charge on any atom is 2.00 e. The van der Waals surface area contributed by atoms with Gasteiger partial charge in [-0.25, -0.2) is 4.99 Å². The summed E-state index contributed by atoms with van der Waals surface area (Å²) in [6, 6.07) is 0. The van der Waals surface area contributed by atoms with Gasteiger partial charge in [0.05, 0.1) is 25.8 Å². The molecule has 0 unspecified atom stereocenters. The van der Waals surface area contributed by atoms with E-state index in [1.54, 1.807) is 26.0 Å². The van der Waals surface area contributed by atoms with Gasteiger partial charge in [0, 0.05) is 40.8 Å². The van der Waals surface area contributed by atoms with Crippen molar-refractivity contribution >= 4 is 53.0 Å². The Morgan fingerprint density at radius 2 is 1.75 bits per heavy atom. The third kappa shape index (κ3) is 6.08. The monoisotopic (exact) mass is 750 g/mol. The van der Waals surface area contributed by atoms with E-state index in [1.807, 2.05) is 20.8 Å². The number of carbonyl (C=O) groups excluding carboxylic acids is 5. The topological polar surface area (TPSA) is 157 Å². The zero-order chi connectivity index (χ0) is 34.3. The van der Waals surface area contributed by atoms with E-state index in [0.29, 0.717) is 80.6 Å². The Hall–Kier alpha value is -4.27. The van der Waals surface area contributed by atoms with Crippen LogP contribution < -0.4 is 4.98 Å². The molecule has 1 aliphatic carbocycles. The fourth-order valence-corrected chi connectivity index (χ4v) is 6.69. The summed E-state index contributed by atoms with van der Waals surface area (Å²) >= 11 is 0. The van der Waals surface area contributed by atoms with E-state index in [1.165, 1.54) is 20.3 Å². The van der Waals surface area contributed by atoms with Crippen molar-refractivity contribution in [3.63, 3.8) is 0 Å². The Labute approximate surface area is 299 Å². The molecule has 12 heteroatoms. The van der Waals surface area contributed by atoms with Crippen LogP contribution in [0, 0.1) is 24.7 Å². The minimum absolute atomic E-state index is 0. The van der Waals surface area contributed by atoms with Crippen molar-refractivity contribution in [3.05, 3.63) is 85.9 Å². The number of aldehydes is 1. The molecule has 244 valence electrons. The number of amides is 1. The van der Waals surface area contributed by atoms with Crippen molar-refractivity contribution in [2.24, 2.45) is 27.7 Å². The molecule has 0 saturated carbocycles. The van der Waals surface area contributed by atoms with Gasteiger partial charge in [0.15, 0.2) is 12.1 Å². The largest absolute Gasteiger partial charge is 2.00 e. The first-order valence-corrected chi connectivity index (χ1v) is 15.4. The molecular weight excluding hydrogens is 713 g/mol. The number of rotatable bonds is 9. The van der Waals surface area contributed by atoms with Gasteiger partial charge in [-0.15, -0.1) is 17.1 Å². The Balaban J connectivity index is 0.00000520. The van der Waals surface area contributed by atoms with Crippen LogP contribution in [0.15, 0.2) is 68.1 Å². The number of carbonyl (C=O) groups is 5. The second kappa shape index (κ2) is 14.5. The molecule has 4 heterocycles. The quantitative estimate of drug-likeness (QED) is 0.142. The van der Waals surface area contributed by atoms with Gasteiger partial charge < -0.3 is 24.6 Å². The summed E-state index contributed by atoms with van der Waals surface area (Å²) in [6.45, 7) is 13.0. The average molecular weight is 749 g/mol. The van der Waals surface area contributed by atoms with Crippen LogP contribution in [0.3, 0.4) is 0 Å². The summed E-state index contributed by atoms with van der Waals surface area (Å²) in [6.07, 6.45) is 6.69. The molecule has 0 radical (unpaired) electrons. The molecule has 1 aromatic heterocycles. The molecule has 3 aliphatic heterocycles. The fourth-order valence-electron chi connectivity index (χ4n) is 6.69. The fraction of sp³-hybridized carbons (Fsp3) is 0.361. The number of hydrogen-bond acceptors (Lipinski definition) is 9. The third-order valence-electron chi connectivity index (χ3n) is 9.41. The molecule has 0 bridgehead atoms. The van der Waals surface area contributed by atoms with E-state index in [9.17, 15) is 24.0 Å². The second-order valence-electron chi connectivity index (χ2n) is 11.8. The standard InChI is InChI=1S/C36H38N4O7.Cd/c1-9-20-16(3)27(15-41)37-26(20)14-25-19(6)29-33(39-25)30(31(34(29)43)36(45)47-8)32-22(11-12-28(42)46-7)18(5)23(38-32)13-24-17(4)21(10-2)35(44)40-24;/h10,13-15,18,22,31H,2,9,11-12H2,1,3-8H3,(H2,37,38,39,40,41,43,44);/q;+2/p-2/t18-,22-,31+;/m0./s1. The van der Waals surface area contributed by atoms with E-state index in [0.717, 1.165) is 17.4 Å². The van der Waals surface area contributed by atoms with Crippen molar-refractivity contribution in [1.29, 1.82) is 0 Å². The molecule has 1 aromatic rings. The van der Waals surface area contributed by atoms with Gasteiger partial charge in [0.2, 0.25) is 0 Å². The molecule has 1 amide bonds. The Bertz CT molecular complexity index is 1880. The van der Waals surface area contributed by atoms with Crippen molar-refractivity contribution in [3.8, 4) is 0 Å². The number of fused-ring (bicyclic) bond motifs is 1. The molecule has 4 aliphatic rings. The zero-order valence-electron chi connectivity index (χ0n) is 28.2. The molecule has 0 saturated heterocycles. The number of ether oxygens (including phenoxy) is 2. The van der Waals surface area contributed by atoms with Crippen LogP contribution in [0.5, 0.6) is 0 Å².